The van der Waals surface area contributed by atoms with Gasteiger partial charge in [0.1, 0.15) is 6.04 Å². The molecule has 0 fully saturated rings. The van der Waals surface area contributed by atoms with Crippen LogP contribution in [0.2, 0.25) is 0 Å². The van der Waals surface area contributed by atoms with Crippen LogP contribution in [0.3, 0.4) is 0 Å². The molecule has 0 bridgehead atoms. The molecule has 0 spiro atoms. The highest BCUT2D eigenvalue weighted by Crippen LogP contribution is 2.34. The number of amides is 2. The van der Waals surface area contributed by atoms with E-state index in [2.05, 4.69) is 15.4 Å². The van der Waals surface area contributed by atoms with E-state index in [0.717, 1.165) is 6.42 Å². The number of aryl methyl sites for hydroxylation is 1. The van der Waals surface area contributed by atoms with E-state index >= 15 is 0 Å². The number of rotatable bonds is 3. The van der Waals surface area contributed by atoms with Crippen LogP contribution in [0.1, 0.15) is 30.6 Å². The summed E-state index contributed by atoms with van der Waals surface area (Å²) >= 11 is 0. The molecule has 0 aliphatic carbocycles. The molecule has 1 aliphatic heterocycles. The van der Waals surface area contributed by atoms with Crippen LogP contribution in [0.5, 0.6) is 0 Å². The minimum atomic E-state index is -0.565. The number of aromatic nitrogens is 3. The molecule has 1 aliphatic rings. The Bertz CT molecular complexity index is 754. The smallest absolute Gasteiger partial charge is 0.262 e. The third kappa shape index (κ3) is 2.58. The zero-order chi connectivity index (χ0) is 16.6. The van der Waals surface area contributed by atoms with Crippen molar-refractivity contribution in [2.45, 2.75) is 26.3 Å². The fourth-order valence-corrected chi connectivity index (χ4v) is 2.79. The van der Waals surface area contributed by atoms with E-state index in [4.69, 9.17) is 0 Å². The molecule has 2 amide bonds. The van der Waals surface area contributed by atoms with Crippen molar-refractivity contribution in [3.05, 3.63) is 36.3 Å². The molecular weight excluding hydrogens is 294 g/mol. The van der Waals surface area contributed by atoms with E-state index in [1.807, 2.05) is 13.8 Å². The molecule has 2 atom stereocenters. The molecule has 2 aromatic heterocycles. The van der Waals surface area contributed by atoms with Gasteiger partial charge in [0.05, 0.1) is 17.4 Å². The Kier molecular flexibility index (Phi) is 3.85. The van der Waals surface area contributed by atoms with Gasteiger partial charge in [0, 0.05) is 19.4 Å². The molecule has 0 saturated carbocycles. The monoisotopic (exact) mass is 313 g/mol. The first-order chi connectivity index (χ1) is 11.0. The van der Waals surface area contributed by atoms with Crippen LogP contribution in [0.4, 0.5) is 11.5 Å². The lowest BCUT2D eigenvalue weighted by Crippen LogP contribution is -2.54. The number of nitrogens with zero attached hydrogens (tertiary/aromatic N) is 4. The molecule has 1 unspecified atom stereocenters. The largest absolute Gasteiger partial charge is 0.307 e. The summed E-state index contributed by atoms with van der Waals surface area (Å²) in [5, 5.41) is 6.85. The minimum Gasteiger partial charge on any atom is -0.307 e. The second-order valence-corrected chi connectivity index (χ2v) is 5.77. The zero-order valence-corrected chi connectivity index (χ0v) is 13.4. The topological polar surface area (TPSA) is 80.1 Å². The van der Waals surface area contributed by atoms with Crippen LogP contribution >= 0.6 is 0 Å². The Hall–Kier alpha value is -2.70. The molecule has 0 aromatic carbocycles. The summed E-state index contributed by atoms with van der Waals surface area (Å²) in [5.41, 5.74) is 1.07. The summed E-state index contributed by atoms with van der Waals surface area (Å²) in [6.45, 7) is 3.97. The van der Waals surface area contributed by atoms with Crippen molar-refractivity contribution < 1.29 is 9.59 Å². The summed E-state index contributed by atoms with van der Waals surface area (Å²) in [7, 11) is 1.75. The van der Waals surface area contributed by atoms with Crippen molar-refractivity contribution in [2.24, 2.45) is 13.0 Å². The molecule has 0 radical (unpaired) electrons. The Morgan fingerprint density at radius 1 is 1.48 bits per heavy atom. The van der Waals surface area contributed by atoms with Gasteiger partial charge in [-0.25, -0.2) is 4.98 Å². The fraction of sp³-hybridized carbons (Fsp3) is 0.375. The second kappa shape index (κ2) is 5.83. The SMILES string of the molecule is CC[C@H](C)C1C(=O)Nc2ncccc2N1C(=O)c1cnn(C)c1. The van der Waals surface area contributed by atoms with Crippen LogP contribution in [-0.4, -0.2) is 32.6 Å². The predicted molar refractivity (Wildman–Crippen MR) is 86.1 cm³/mol. The number of fused-ring (bicyclic) bond motifs is 1. The standard InChI is InChI=1S/C16H19N5O2/c1-4-10(2)13-15(22)19-14-12(6-5-7-17-14)21(13)16(23)11-8-18-20(3)9-11/h5-10,13H,4H2,1-3H3,(H,17,19,22)/t10-,13?/m0/s1. The maximum atomic E-state index is 13.0. The number of carbonyl (C=O) groups excluding carboxylic acids is 2. The highest BCUT2D eigenvalue weighted by molar-refractivity contribution is 6.16. The molecule has 3 rings (SSSR count). The lowest BCUT2D eigenvalue weighted by molar-refractivity contribution is -0.118. The van der Waals surface area contributed by atoms with Gasteiger partial charge in [-0.05, 0) is 18.1 Å². The van der Waals surface area contributed by atoms with Crippen LogP contribution in [-0.2, 0) is 11.8 Å². The molecule has 3 heterocycles. The van der Waals surface area contributed by atoms with E-state index < -0.39 is 6.04 Å². The lowest BCUT2D eigenvalue weighted by Gasteiger charge is -2.38. The maximum absolute atomic E-state index is 13.0. The first kappa shape index (κ1) is 15.2. The Morgan fingerprint density at radius 3 is 2.91 bits per heavy atom. The van der Waals surface area contributed by atoms with Crippen LogP contribution in [0.15, 0.2) is 30.7 Å². The Balaban J connectivity index is 2.10. The van der Waals surface area contributed by atoms with E-state index in [1.165, 1.54) is 6.20 Å². The third-order valence-corrected chi connectivity index (χ3v) is 4.19. The first-order valence-electron chi connectivity index (χ1n) is 7.61. The van der Waals surface area contributed by atoms with Crippen molar-refractivity contribution in [1.82, 2.24) is 14.8 Å². The number of carbonyl (C=O) groups is 2. The van der Waals surface area contributed by atoms with Gasteiger partial charge in [0.25, 0.3) is 5.91 Å². The number of hydrogen-bond donors (Lipinski definition) is 1. The van der Waals surface area contributed by atoms with E-state index in [0.29, 0.717) is 17.1 Å². The van der Waals surface area contributed by atoms with Gasteiger partial charge in [-0.3, -0.25) is 19.2 Å². The lowest BCUT2D eigenvalue weighted by atomic mass is 9.94. The van der Waals surface area contributed by atoms with Gasteiger partial charge in [0.15, 0.2) is 5.82 Å². The van der Waals surface area contributed by atoms with E-state index in [-0.39, 0.29) is 17.7 Å². The molecule has 2 aromatic rings. The molecule has 7 heteroatoms. The van der Waals surface area contributed by atoms with Crippen molar-refractivity contribution in [1.29, 1.82) is 0 Å². The average molecular weight is 313 g/mol. The van der Waals surface area contributed by atoms with Gasteiger partial charge in [-0.2, -0.15) is 5.10 Å². The normalized spacial score (nSPS) is 18.3. The highest BCUT2D eigenvalue weighted by Gasteiger charge is 2.40. The van der Waals surface area contributed by atoms with E-state index in [1.54, 1.807) is 41.2 Å². The second-order valence-electron chi connectivity index (χ2n) is 5.77. The van der Waals surface area contributed by atoms with E-state index in [9.17, 15) is 9.59 Å². The van der Waals surface area contributed by atoms with Gasteiger partial charge >= 0.3 is 0 Å². The summed E-state index contributed by atoms with van der Waals surface area (Å²) in [4.78, 5) is 31.3. The van der Waals surface area contributed by atoms with Crippen molar-refractivity contribution in [3.63, 3.8) is 0 Å². The number of anilines is 2. The Morgan fingerprint density at radius 2 is 2.26 bits per heavy atom. The first-order valence-corrected chi connectivity index (χ1v) is 7.61. The van der Waals surface area contributed by atoms with Gasteiger partial charge in [-0.15, -0.1) is 0 Å². The zero-order valence-electron chi connectivity index (χ0n) is 13.4. The summed E-state index contributed by atoms with van der Waals surface area (Å²) in [6, 6.07) is 2.99. The molecule has 7 nitrogen and oxygen atoms in total. The van der Waals surface area contributed by atoms with Crippen LogP contribution in [0.25, 0.3) is 0 Å². The van der Waals surface area contributed by atoms with Gasteiger partial charge in [-0.1, -0.05) is 20.3 Å². The van der Waals surface area contributed by atoms with Crippen molar-refractivity contribution >= 4 is 23.3 Å². The number of nitrogens with one attached hydrogen (secondary N) is 1. The number of pyridine rings is 1. The summed E-state index contributed by atoms with van der Waals surface area (Å²) in [6.07, 6.45) is 5.54. The molecule has 120 valence electrons. The van der Waals surface area contributed by atoms with Crippen molar-refractivity contribution in [2.75, 3.05) is 10.2 Å². The average Bonchev–Trinajstić information content (AvgIpc) is 2.98. The minimum absolute atomic E-state index is 0.0176. The predicted octanol–water partition coefficient (Wildman–Crippen LogP) is 1.83. The third-order valence-electron chi connectivity index (χ3n) is 4.19. The molecule has 23 heavy (non-hydrogen) atoms. The van der Waals surface area contributed by atoms with Crippen molar-refractivity contribution in [3.8, 4) is 0 Å². The summed E-state index contributed by atoms with van der Waals surface area (Å²) in [5.74, 6) is -0.0199. The maximum Gasteiger partial charge on any atom is 0.262 e. The number of hydrogen-bond acceptors (Lipinski definition) is 4. The summed E-state index contributed by atoms with van der Waals surface area (Å²) < 4.78 is 1.57. The Labute approximate surface area is 134 Å². The van der Waals surface area contributed by atoms with Gasteiger partial charge in [0.2, 0.25) is 5.91 Å². The molecule has 0 saturated heterocycles. The van der Waals surface area contributed by atoms with Crippen LogP contribution < -0.4 is 10.2 Å². The fourth-order valence-electron chi connectivity index (χ4n) is 2.79. The highest BCUT2D eigenvalue weighted by atomic mass is 16.2. The molecule has 1 N–H and O–H groups in total. The van der Waals surface area contributed by atoms with Gasteiger partial charge < -0.3 is 5.32 Å². The van der Waals surface area contributed by atoms with Crippen LogP contribution in [0, 0.1) is 5.92 Å². The molecular formula is C16H19N5O2. The quantitative estimate of drug-likeness (QED) is 0.937.